The van der Waals surface area contributed by atoms with Crippen LogP contribution >= 0.6 is 0 Å². The zero-order valence-corrected chi connectivity index (χ0v) is 11.3. The number of carboxylic acid groups (broad SMARTS) is 1. The molecule has 0 aliphatic carbocycles. The van der Waals surface area contributed by atoms with Crippen LogP contribution in [0.2, 0.25) is 0 Å². The number of carbonyl (C=O) groups is 3. The highest BCUT2D eigenvalue weighted by atomic mass is 16.4. The Bertz CT molecular complexity index is 595. The van der Waals surface area contributed by atoms with Gasteiger partial charge in [-0.1, -0.05) is 0 Å². The average Bonchev–Trinajstić information content (AvgIpc) is 2.80. The molecule has 0 bridgehead atoms. The Kier molecular flexibility index (Phi) is 3.74. The summed E-state index contributed by atoms with van der Waals surface area (Å²) in [5, 5.41) is 14.3. The molecule has 3 N–H and O–H groups in total. The molecule has 1 aliphatic rings. The molecule has 1 fully saturated rings. The molecule has 106 valence electrons. The number of aryl methyl sites for hydroxylation is 1. The summed E-state index contributed by atoms with van der Waals surface area (Å²) < 4.78 is 0. The molecule has 1 aromatic carbocycles. The number of aromatic carboxylic acids is 1. The van der Waals surface area contributed by atoms with Crippen LogP contribution in [0.1, 0.15) is 34.3 Å². The third-order valence-corrected chi connectivity index (χ3v) is 3.48. The number of amides is 2. The summed E-state index contributed by atoms with van der Waals surface area (Å²) in [4.78, 5) is 34.2. The molecule has 0 radical (unpaired) electrons. The topological polar surface area (TPSA) is 95.5 Å². The van der Waals surface area contributed by atoms with Crippen molar-refractivity contribution in [2.24, 2.45) is 0 Å². The summed E-state index contributed by atoms with van der Waals surface area (Å²) in [6, 6.07) is 2.60. The van der Waals surface area contributed by atoms with Crippen molar-refractivity contribution in [3.63, 3.8) is 0 Å². The number of carboxylic acids is 1. The van der Waals surface area contributed by atoms with E-state index >= 15 is 0 Å². The van der Waals surface area contributed by atoms with E-state index in [-0.39, 0.29) is 17.4 Å². The lowest BCUT2D eigenvalue weighted by molar-refractivity contribution is -0.122. The van der Waals surface area contributed by atoms with E-state index in [0.29, 0.717) is 24.1 Å². The fraction of sp³-hybridized carbons (Fsp3) is 0.357. The number of hydrogen-bond donors (Lipinski definition) is 3. The van der Waals surface area contributed by atoms with Gasteiger partial charge in [-0.05, 0) is 43.5 Å². The van der Waals surface area contributed by atoms with Gasteiger partial charge in [-0.25, -0.2) is 4.79 Å². The molecule has 1 atom stereocenters. The average molecular weight is 276 g/mol. The third-order valence-electron chi connectivity index (χ3n) is 3.48. The van der Waals surface area contributed by atoms with Crippen molar-refractivity contribution in [1.29, 1.82) is 0 Å². The van der Waals surface area contributed by atoms with Gasteiger partial charge in [0, 0.05) is 12.1 Å². The molecule has 20 heavy (non-hydrogen) atoms. The molecule has 6 nitrogen and oxygen atoms in total. The zero-order valence-electron chi connectivity index (χ0n) is 11.3. The minimum Gasteiger partial charge on any atom is -0.478 e. The van der Waals surface area contributed by atoms with Crippen LogP contribution in [0.25, 0.3) is 0 Å². The van der Waals surface area contributed by atoms with Gasteiger partial charge in [0.1, 0.15) is 6.04 Å². The van der Waals surface area contributed by atoms with E-state index in [1.807, 2.05) is 0 Å². The Hall–Kier alpha value is -2.37. The van der Waals surface area contributed by atoms with Gasteiger partial charge in [-0.15, -0.1) is 0 Å². The molecule has 0 saturated carbocycles. The van der Waals surface area contributed by atoms with Crippen LogP contribution in [0.5, 0.6) is 0 Å². The number of anilines is 1. The summed E-state index contributed by atoms with van der Waals surface area (Å²) in [7, 11) is 0. The second kappa shape index (κ2) is 5.32. The van der Waals surface area contributed by atoms with Crippen molar-refractivity contribution < 1.29 is 19.5 Å². The Balaban J connectivity index is 2.19. The fourth-order valence-corrected chi connectivity index (χ4v) is 2.19. The maximum absolute atomic E-state index is 12.0. The van der Waals surface area contributed by atoms with E-state index in [1.165, 1.54) is 6.07 Å². The monoisotopic (exact) mass is 276 g/mol. The van der Waals surface area contributed by atoms with E-state index in [0.717, 1.165) is 5.56 Å². The fourth-order valence-electron chi connectivity index (χ4n) is 2.19. The summed E-state index contributed by atoms with van der Waals surface area (Å²) in [5.41, 5.74) is 2.05. The summed E-state index contributed by atoms with van der Waals surface area (Å²) >= 11 is 0. The molecule has 2 amide bonds. The second-order valence-electron chi connectivity index (χ2n) is 4.92. The van der Waals surface area contributed by atoms with Crippen molar-refractivity contribution in [3.8, 4) is 0 Å². The van der Waals surface area contributed by atoms with Gasteiger partial charge in [0.05, 0.1) is 5.56 Å². The Morgan fingerprint density at radius 2 is 2.05 bits per heavy atom. The highest BCUT2D eigenvalue weighted by molar-refractivity contribution is 6.00. The Morgan fingerprint density at radius 1 is 1.35 bits per heavy atom. The predicted octanol–water partition coefficient (Wildman–Crippen LogP) is 1.22. The minimum absolute atomic E-state index is 0.142. The maximum atomic E-state index is 12.0. The van der Waals surface area contributed by atoms with Crippen LogP contribution in [0.15, 0.2) is 12.1 Å². The van der Waals surface area contributed by atoms with Gasteiger partial charge < -0.3 is 15.7 Å². The zero-order chi connectivity index (χ0) is 14.9. The first kappa shape index (κ1) is 14.0. The predicted molar refractivity (Wildman–Crippen MR) is 72.7 cm³/mol. The third kappa shape index (κ3) is 2.79. The van der Waals surface area contributed by atoms with E-state index < -0.39 is 12.0 Å². The quantitative estimate of drug-likeness (QED) is 0.773. The van der Waals surface area contributed by atoms with Crippen LogP contribution in [-0.4, -0.2) is 28.9 Å². The maximum Gasteiger partial charge on any atom is 0.336 e. The lowest BCUT2D eigenvalue weighted by Crippen LogP contribution is -2.37. The first-order valence-electron chi connectivity index (χ1n) is 6.33. The molecule has 0 unspecified atom stereocenters. The van der Waals surface area contributed by atoms with Crippen LogP contribution in [0.3, 0.4) is 0 Å². The highest BCUT2D eigenvalue weighted by Crippen LogP contribution is 2.21. The van der Waals surface area contributed by atoms with Crippen molar-refractivity contribution in [2.75, 3.05) is 5.32 Å². The molecular formula is C14H16N2O4. The summed E-state index contributed by atoms with van der Waals surface area (Å²) in [6.45, 7) is 3.51. The summed E-state index contributed by atoms with van der Waals surface area (Å²) in [5.74, 6) is -1.50. The minimum atomic E-state index is -1.03. The van der Waals surface area contributed by atoms with Crippen molar-refractivity contribution in [3.05, 3.63) is 28.8 Å². The lowest BCUT2D eigenvalue weighted by atomic mass is 10.0. The highest BCUT2D eigenvalue weighted by Gasteiger charge is 2.27. The number of hydrogen-bond acceptors (Lipinski definition) is 3. The number of rotatable bonds is 3. The molecular weight excluding hydrogens is 260 g/mol. The van der Waals surface area contributed by atoms with Gasteiger partial charge in [0.25, 0.3) is 0 Å². The normalized spacial score (nSPS) is 17.7. The van der Waals surface area contributed by atoms with Crippen LogP contribution in [0.4, 0.5) is 5.69 Å². The molecule has 1 heterocycles. The van der Waals surface area contributed by atoms with Gasteiger partial charge >= 0.3 is 5.97 Å². The molecule has 2 rings (SSSR count). The molecule has 0 aromatic heterocycles. The molecule has 6 heteroatoms. The van der Waals surface area contributed by atoms with Crippen molar-refractivity contribution in [1.82, 2.24) is 5.32 Å². The van der Waals surface area contributed by atoms with E-state index in [9.17, 15) is 14.4 Å². The number of benzene rings is 1. The lowest BCUT2D eigenvalue weighted by Gasteiger charge is -2.13. The molecule has 1 aromatic rings. The van der Waals surface area contributed by atoms with Gasteiger partial charge in [-0.2, -0.15) is 0 Å². The van der Waals surface area contributed by atoms with Crippen molar-refractivity contribution >= 4 is 23.5 Å². The summed E-state index contributed by atoms with van der Waals surface area (Å²) in [6.07, 6.45) is 0.798. The van der Waals surface area contributed by atoms with Gasteiger partial charge in [0.15, 0.2) is 0 Å². The largest absolute Gasteiger partial charge is 0.478 e. The van der Waals surface area contributed by atoms with Crippen molar-refractivity contribution in [2.45, 2.75) is 32.7 Å². The standard InChI is InChI=1S/C14H16N2O4/c1-7-5-9(6-10(8(7)2)14(19)20)15-13(18)11-3-4-12(17)16-11/h5-6,11H,3-4H2,1-2H3,(H,15,18)(H,16,17)(H,19,20)/t11-/m0/s1. The van der Waals surface area contributed by atoms with E-state index in [1.54, 1.807) is 19.9 Å². The number of carbonyl (C=O) groups excluding carboxylic acids is 2. The Morgan fingerprint density at radius 3 is 2.60 bits per heavy atom. The first-order valence-corrected chi connectivity index (χ1v) is 6.33. The van der Waals surface area contributed by atoms with E-state index in [4.69, 9.17) is 5.11 Å². The first-order chi connectivity index (χ1) is 9.38. The van der Waals surface area contributed by atoms with Gasteiger partial charge in [0.2, 0.25) is 11.8 Å². The van der Waals surface area contributed by atoms with Crippen LogP contribution in [-0.2, 0) is 9.59 Å². The van der Waals surface area contributed by atoms with Crippen LogP contribution in [0, 0.1) is 13.8 Å². The molecule has 1 saturated heterocycles. The Labute approximate surface area is 116 Å². The van der Waals surface area contributed by atoms with Crippen LogP contribution < -0.4 is 10.6 Å². The second-order valence-corrected chi connectivity index (χ2v) is 4.92. The SMILES string of the molecule is Cc1cc(NC(=O)[C@@H]2CCC(=O)N2)cc(C(=O)O)c1C. The molecule has 0 spiro atoms. The number of nitrogens with one attached hydrogen (secondary N) is 2. The smallest absolute Gasteiger partial charge is 0.336 e. The van der Waals surface area contributed by atoms with E-state index in [2.05, 4.69) is 10.6 Å². The molecule has 1 aliphatic heterocycles. The van der Waals surface area contributed by atoms with Gasteiger partial charge in [-0.3, -0.25) is 9.59 Å².